The van der Waals surface area contributed by atoms with Gasteiger partial charge in [-0.25, -0.2) is 0 Å². The number of nitrogens with zero attached hydrogens (tertiary/aromatic N) is 2. The lowest BCUT2D eigenvalue weighted by atomic mass is 9.74. The lowest BCUT2D eigenvalue weighted by Crippen LogP contribution is -2.58. The third kappa shape index (κ3) is 4.73. The van der Waals surface area contributed by atoms with Gasteiger partial charge in [0.1, 0.15) is 6.04 Å². The van der Waals surface area contributed by atoms with E-state index in [0.717, 1.165) is 31.2 Å². The molecule has 0 aromatic heterocycles. The van der Waals surface area contributed by atoms with Crippen molar-refractivity contribution < 1.29 is 24.2 Å². The van der Waals surface area contributed by atoms with Crippen molar-refractivity contribution in [3.63, 3.8) is 0 Å². The molecule has 0 radical (unpaired) electrons. The van der Waals surface area contributed by atoms with Gasteiger partial charge in [0.2, 0.25) is 11.8 Å². The Bertz CT molecular complexity index is 1150. The molecule has 1 aromatic carbocycles. The number of aliphatic hydroxyl groups is 1. The Kier molecular flexibility index (Phi) is 7.98. The summed E-state index contributed by atoms with van der Waals surface area (Å²) in [4.78, 5) is 46.3. The van der Waals surface area contributed by atoms with E-state index in [4.69, 9.17) is 4.74 Å². The molecular weight excluding hydrogens is 512 g/mol. The summed E-state index contributed by atoms with van der Waals surface area (Å²) in [5, 5.41) is 10.6. The Morgan fingerprint density at radius 3 is 2.59 bits per heavy atom. The Labute approximate surface area is 235 Å². The van der Waals surface area contributed by atoms with Crippen LogP contribution in [0.1, 0.15) is 52.0 Å². The number of hydrogen-bond acceptors (Lipinski definition) is 6. The molecule has 7 atom stereocenters. The lowest BCUT2D eigenvalue weighted by Gasteiger charge is -2.41. The van der Waals surface area contributed by atoms with E-state index in [2.05, 4.69) is 26.0 Å². The molecule has 0 saturated carbocycles. The standard InChI is InChI=1S/C31H40N2O5S/c1-4-12-21(2)32-17-11-16-31-24(25-29(37)38-18-10-6-9-15-30(25,3)39-31)27(35)33(26(31)28(32)36)23(20-34)19-22-13-7-5-8-14-22/h5,7-9,11,13-16,21,23-26,34H,4,6,10,12,17-20H2,1-3H3/b15-9-/t21?,23-,24+,25+,26?,30-,31+/m1/s1. The molecule has 4 aliphatic rings. The summed E-state index contributed by atoms with van der Waals surface area (Å²) in [6.45, 7) is 6.65. The molecule has 2 amide bonds. The van der Waals surface area contributed by atoms with Gasteiger partial charge in [-0.15, -0.1) is 11.8 Å². The first-order chi connectivity index (χ1) is 18.8. The van der Waals surface area contributed by atoms with Gasteiger partial charge in [0.15, 0.2) is 0 Å². The molecule has 5 rings (SSSR count). The van der Waals surface area contributed by atoms with Gasteiger partial charge in [-0.1, -0.05) is 68.0 Å². The van der Waals surface area contributed by atoms with Crippen LogP contribution in [-0.4, -0.2) is 80.1 Å². The van der Waals surface area contributed by atoms with Crippen LogP contribution in [0.4, 0.5) is 0 Å². The first-order valence-electron chi connectivity index (χ1n) is 14.3. The number of fused-ring (bicyclic) bond motifs is 2. The number of cyclic esters (lactones) is 1. The molecule has 4 aliphatic heterocycles. The van der Waals surface area contributed by atoms with Crippen LogP contribution in [0.15, 0.2) is 54.6 Å². The second-order valence-corrected chi connectivity index (χ2v) is 13.3. The highest BCUT2D eigenvalue weighted by Crippen LogP contribution is 2.65. The summed E-state index contributed by atoms with van der Waals surface area (Å²) in [6, 6.07) is 8.31. The maximum absolute atomic E-state index is 14.6. The van der Waals surface area contributed by atoms with Crippen molar-refractivity contribution in [1.29, 1.82) is 0 Å². The summed E-state index contributed by atoms with van der Waals surface area (Å²) < 4.78 is 4.07. The van der Waals surface area contributed by atoms with Gasteiger partial charge in [-0.3, -0.25) is 14.4 Å². The van der Waals surface area contributed by atoms with Crippen molar-refractivity contribution in [2.45, 2.75) is 80.5 Å². The largest absolute Gasteiger partial charge is 0.465 e. The number of carbonyl (C=O) groups excluding carboxylic acids is 3. The molecule has 1 spiro atoms. The molecule has 0 bridgehead atoms. The van der Waals surface area contributed by atoms with Crippen molar-refractivity contribution in [2.24, 2.45) is 11.8 Å². The van der Waals surface area contributed by atoms with Crippen molar-refractivity contribution in [1.82, 2.24) is 9.80 Å². The number of thioether (sulfide) groups is 1. The van der Waals surface area contributed by atoms with Crippen LogP contribution in [0, 0.1) is 11.8 Å². The number of likely N-dealkylation sites (tertiary alicyclic amines) is 1. The number of ether oxygens (including phenoxy) is 1. The van der Waals surface area contributed by atoms with E-state index in [1.54, 1.807) is 16.7 Å². The van der Waals surface area contributed by atoms with Crippen LogP contribution in [0.25, 0.3) is 0 Å². The summed E-state index contributed by atoms with van der Waals surface area (Å²) >= 11 is 1.55. The molecule has 2 fully saturated rings. The van der Waals surface area contributed by atoms with Crippen molar-refractivity contribution in [3.8, 4) is 0 Å². The van der Waals surface area contributed by atoms with E-state index in [9.17, 15) is 19.5 Å². The number of esters is 1. The van der Waals surface area contributed by atoms with Crippen LogP contribution < -0.4 is 0 Å². The highest BCUT2D eigenvalue weighted by Gasteiger charge is 2.74. The summed E-state index contributed by atoms with van der Waals surface area (Å²) in [5.41, 5.74) is 0.977. The molecule has 0 aliphatic carbocycles. The average Bonchev–Trinajstić information content (AvgIpc) is 3.27. The predicted octanol–water partition coefficient (Wildman–Crippen LogP) is 3.76. The SMILES string of the molecule is CCCC(C)N1CC=C[C@]23S[C@]4(C)/C=C\CCCOC(=O)[C@@H]4[C@H]2C(=O)N([C@@H](CO)Cc2ccccc2)C3C1=O. The molecule has 2 unspecified atom stereocenters. The van der Waals surface area contributed by atoms with Gasteiger partial charge in [0.05, 0.1) is 35.8 Å². The molecule has 4 heterocycles. The van der Waals surface area contributed by atoms with Crippen molar-refractivity contribution in [3.05, 3.63) is 60.2 Å². The second-order valence-electron chi connectivity index (χ2n) is 11.5. The average molecular weight is 553 g/mol. The fourth-order valence-electron chi connectivity index (χ4n) is 7.09. The van der Waals surface area contributed by atoms with E-state index in [1.165, 1.54) is 0 Å². The van der Waals surface area contributed by atoms with Gasteiger partial charge in [0, 0.05) is 17.3 Å². The molecule has 1 aromatic rings. The fourth-order valence-corrected chi connectivity index (χ4v) is 9.23. The molecular formula is C31H40N2O5S. The maximum atomic E-state index is 14.6. The highest BCUT2D eigenvalue weighted by atomic mass is 32.2. The van der Waals surface area contributed by atoms with Crippen LogP contribution in [0.3, 0.4) is 0 Å². The number of amides is 2. The summed E-state index contributed by atoms with van der Waals surface area (Å²) in [5.74, 6) is -2.23. The number of benzene rings is 1. The minimum atomic E-state index is -0.944. The topological polar surface area (TPSA) is 87.2 Å². The predicted molar refractivity (Wildman–Crippen MR) is 152 cm³/mol. The highest BCUT2D eigenvalue weighted by molar-refractivity contribution is 8.02. The zero-order chi connectivity index (χ0) is 27.8. The van der Waals surface area contributed by atoms with E-state index in [0.29, 0.717) is 19.6 Å². The summed E-state index contributed by atoms with van der Waals surface area (Å²) in [6.07, 6.45) is 11.9. The van der Waals surface area contributed by atoms with E-state index >= 15 is 0 Å². The fraction of sp³-hybridized carbons (Fsp3) is 0.581. The van der Waals surface area contributed by atoms with Crippen LogP contribution >= 0.6 is 11.8 Å². The Morgan fingerprint density at radius 1 is 1.10 bits per heavy atom. The van der Waals surface area contributed by atoms with Gasteiger partial charge in [-0.05, 0) is 45.1 Å². The van der Waals surface area contributed by atoms with Crippen molar-refractivity contribution in [2.75, 3.05) is 19.8 Å². The molecule has 2 saturated heterocycles. The molecule has 1 N–H and O–H groups in total. The third-order valence-corrected chi connectivity index (χ3v) is 10.7. The van der Waals surface area contributed by atoms with Gasteiger partial charge in [0.25, 0.3) is 0 Å². The Morgan fingerprint density at radius 2 is 1.87 bits per heavy atom. The zero-order valence-electron chi connectivity index (χ0n) is 23.1. The summed E-state index contributed by atoms with van der Waals surface area (Å²) in [7, 11) is 0. The lowest BCUT2D eigenvalue weighted by molar-refractivity contribution is -0.154. The van der Waals surface area contributed by atoms with Crippen molar-refractivity contribution >= 4 is 29.5 Å². The van der Waals surface area contributed by atoms with Gasteiger partial charge in [-0.2, -0.15) is 0 Å². The first kappa shape index (κ1) is 28.0. The third-order valence-electron chi connectivity index (χ3n) is 8.88. The molecule has 210 valence electrons. The van der Waals surface area contributed by atoms with E-state index in [1.807, 2.05) is 54.3 Å². The Hall–Kier alpha value is -2.58. The minimum absolute atomic E-state index is 0.00374. The second kappa shape index (κ2) is 11.1. The van der Waals surface area contributed by atoms with E-state index in [-0.39, 0.29) is 30.4 Å². The number of rotatable bonds is 7. The zero-order valence-corrected chi connectivity index (χ0v) is 23.9. The monoisotopic (exact) mass is 552 g/mol. The smallest absolute Gasteiger partial charge is 0.311 e. The number of hydrogen-bond donors (Lipinski definition) is 1. The van der Waals surface area contributed by atoms with E-state index < -0.39 is 33.4 Å². The maximum Gasteiger partial charge on any atom is 0.311 e. The number of allylic oxidation sites excluding steroid dienone is 1. The normalized spacial score (nSPS) is 34.7. The molecule has 39 heavy (non-hydrogen) atoms. The number of carbonyl (C=O) groups is 3. The first-order valence-corrected chi connectivity index (χ1v) is 15.1. The minimum Gasteiger partial charge on any atom is -0.465 e. The van der Waals surface area contributed by atoms with Crippen LogP contribution in [-0.2, 0) is 25.5 Å². The molecule has 8 heteroatoms. The quantitative estimate of drug-likeness (QED) is 0.410. The van der Waals surface area contributed by atoms with Gasteiger partial charge < -0.3 is 19.6 Å². The Balaban J connectivity index is 1.64. The van der Waals surface area contributed by atoms with Gasteiger partial charge >= 0.3 is 5.97 Å². The number of aliphatic hydroxyl groups excluding tert-OH is 1. The van der Waals surface area contributed by atoms with Crippen LogP contribution in [0.2, 0.25) is 0 Å². The molecule has 7 nitrogen and oxygen atoms in total. The van der Waals surface area contributed by atoms with Crippen LogP contribution in [0.5, 0.6) is 0 Å².